The van der Waals surface area contributed by atoms with E-state index in [1.54, 1.807) is 11.8 Å². The number of ether oxygens (including phenoxy) is 2. The third-order valence-electron chi connectivity index (χ3n) is 5.99. The van der Waals surface area contributed by atoms with Crippen LogP contribution in [0.4, 0.5) is 0 Å². The van der Waals surface area contributed by atoms with Crippen LogP contribution in [0.5, 0.6) is 0 Å². The highest BCUT2D eigenvalue weighted by molar-refractivity contribution is 7.99. The first-order valence-electron chi connectivity index (χ1n) is 11.8. The van der Waals surface area contributed by atoms with Crippen molar-refractivity contribution in [3.63, 3.8) is 0 Å². The lowest BCUT2D eigenvalue weighted by Crippen LogP contribution is -2.49. The summed E-state index contributed by atoms with van der Waals surface area (Å²) in [5.74, 6) is 0.896. The molecule has 0 aliphatic carbocycles. The van der Waals surface area contributed by atoms with E-state index in [9.17, 15) is 0 Å². The Balaban J connectivity index is 1.82. The molecule has 2 aromatic rings. The Morgan fingerprint density at radius 1 is 1.00 bits per heavy atom. The van der Waals surface area contributed by atoms with E-state index in [0.717, 1.165) is 25.4 Å². The van der Waals surface area contributed by atoms with Gasteiger partial charge in [-0.25, -0.2) is 4.99 Å². The quantitative estimate of drug-likeness (QED) is 0.333. The van der Waals surface area contributed by atoms with Crippen LogP contribution < -0.4 is 0 Å². The van der Waals surface area contributed by atoms with E-state index in [-0.39, 0.29) is 11.8 Å². The van der Waals surface area contributed by atoms with E-state index >= 15 is 0 Å². The molecule has 4 nitrogen and oxygen atoms in total. The number of nitrogens with zero attached hydrogens (tertiary/aromatic N) is 2. The lowest BCUT2D eigenvalue weighted by atomic mass is 9.84. The van der Waals surface area contributed by atoms with Gasteiger partial charge in [0.05, 0.1) is 12.8 Å². The van der Waals surface area contributed by atoms with Gasteiger partial charge in [0.1, 0.15) is 5.54 Å². The van der Waals surface area contributed by atoms with Crippen molar-refractivity contribution in [3.05, 3.63) is 58.1 Å². The van der Waals surface area contributed by atoms with Gasteiger partial charge in [-0.1, -0.05) is 67.9 Å². The molecule has 0 aromatic heterocycles. The van der Waals surface area contributed by atoms with Crippen molar-refractivity contribution in [2.75, 3.05) is 13.2 Å². The Bertz CT molecular complexity index is 1060. The maximum absolute atomic E-state index is 6.75. The second-order valence-electron chi connectivity index (χ2n) is 9.07. The number of hydrogen-bond donors (Lipinski definition) is 0. The van der Waals surface area contributed by atoms with Gasteiger partial charge in [0.2, 0.25) is 5.90 Å². The minimum absolute atomic E-state index is 0.132. The molecule has 0 saturated carbocycles. The monoisotopic (exact) mass is 520 g/mol. The van der Waals surface area contributed by atoms with Crippen LogP contribution in [0.25, 0.3) is 0 Å². The van der Waals surface area contributed by atoms with Crippen molar-refractivity contribution >= 4 is 47.1 Å². The number of halogens is 2. The van der Waals surface area contributed by atoms with Crippen molar-refractivity contribution in [1.29, 1.82) is 0 Å². The van der Waals surface area contributed by atoms with Crippen molar-refractivity contribution in [2.45, 2.75) is 74.9 Å². The van der Waals surface area contributed by atoms with E-state index in [1.165, 1.54) is 0 Å². The van der Waals surface area contributed by atoms with Gasteiger partial charge in [0, 0.05) is 32.4 Å². The van der Waals surface area contributed by atoms with Crippen LogP contribution in [0.15, 0.2) is 62.2 Å². The lowest BCUT2D eigenvalue weighted by molar-refractivity contribution is -0.0127. The minimum atomic E-state index is -0.793. The summed E-state index contributed by atoms with van der Waals surface area (Å²) in [5, 5.41) is 1.46. The van der Waals surface area contributed by atoms with Gasteiger partial charge in [-0.2, -0.15) is 0 Å². The first-order valence-corrected chi connectivity index (χ1v) is 13.4. The summed E-state index contributed by atoms with van der Waals surface area (Å²) in [7, 11) is 0. The maximum Gasteiger partial charge on any atom is 0.214 e. The Hall–Kier alpha value is -1.53. The summed E-state index contributed by atoms with van der Waals surface area (Å²) in [6.45, 7) is 13.4. The molecule has 7 heteroatoms. The molecule has 0 radical (unpaired) electrons. The standard InChI is InChI=1S/C27H34Cl2N2O2S/c1-7-32-25-26(6,30-17-27(31-25,18(3)4)33-8-2)16-19(5)23-13-12-22(15-24(23)29)34-21-11-9-10-20(28)14-21/h9-15,17-19H,7-8,16H2,1-6H3/t19?,26-,27-/m1/s1. The van der Waals surface area contributed by atoms with E-state index in [4.69, 9.17) is 42.7 Å². The zero-order valence-electron chi connectivity index (χ0n) is 20.8. The number of rotatable bonds is 9. The van der Waals surface area contributed by atoms with Gasteiger partial charge in [-0.15, -0.1) is 0 Å². The SMILES string of the molecule is CCOC1=N[C@](OCC)(C(C)C)C=N[C@]1(C)CC(C)c1ccc(Sc2cccc(Cl)c2)cc1Cl. The Kier molecular flexibility index (Phi) is 9.13. The summed E-state index contributed by atoms with van der Waals surface area (Å²) < 4.78 is 12.1. The molecule has 0 spiro atoms. The Morgan fingerprint density at radius 2 is 1.74 bits per heavy atom. The fraction of sp³-hybridized carbons (Fsp3) is 0.481. The van der Waals surface area contributed by atoms with Crippen LogP contribution in [-0.4, -0.2) is 36.6 Å². The van der Waals surface area contributed by atoms with Gasteiger partial charge in [0.25, 0.3) is 0 Å². The minimum Gasteiger partial charge on any atom is -0.479 e. The fourth-order valence-electron chi connectivity index (χ4n) is 4.15. The number of aliphatic imine (C=N–C) groups is 2. The average Bonchev–Trinajstić information content (AvgIpc) is 2.76. The van der Waals surface area contributed by atoms with E-state index < -0.39 is 11.3 Å². The lowest BCUT2D eigenvalue weighted by Gasteiger charge is -2.39. The smallest absolute Gasteiger partial charge is 0.214 e. The van der Waals surface area contributed by atoms with Crippen LogP contribution in [0.3, 0.4) is 0 Å². The van der Waals surface area contributed by atoms with Crippen LogP contribution >= 0.6 is 35.0 Å². The molecule has 1 aliphatic rings. The van der Waals surface area contributed by atoms with Crippen molar-refractivity contribution in [1.82, 2.24) is 0 Å². The normalized spacial score (nSPS) is 23.1. The van der Waals surface area contributed by atoms with Gasteiger partial charge in [-0.05, 0) is 69.0 Å². The van der Waals surface area contributed by atoms with Crippen molar-refractivity contribution < 1.29 is 9.47 Å². The van der Waals surface area contributed by atoms with Crippen LogP contribution in [0.1, 0.15) is 59.4 Å². The van der Waals surface area contributed by atoms with Crippen LogP contribution in [0.2, 0.25) is 10.0 Å². The molecule has 0 N–H and O–H groups in total. The third kappa shape index (κ3) is 6.17. The Labute approximate surface area is 218 Å². The average molecular weight is 522 g/mol. The topological polar surface area (TPSA) is 43.2 Å². The zero-order valence-corrected chi connectivity index (χ0v) is 23.1. The van der Waals surface area contributed by atoms with E-state index in [0.29, 0.717) is 25.5 Å². The molecule has 0 amide bonds. The molecule has 2 aromatic carbocycles. The second kappa shape index (κ2) is 11.5. The summed E-state index contributed by atoms with van der Waals surface area (Å²) >= 11 is 14.5. The Morgan fingerprint density at radius 3 is 2.35 bits per heavy atom. The van der Waals surface area contributed by atoms with Gasteiger partial charge >= 0.3 is 0 Å². The highest BCUT2D eigenvalue weighted by Crippen LogP contribution is 2.39. The number of benzene rings is 2. The molecule has 1 unspecified atom stereocenters. The molecule has 0 fully saturated rings. The molecule has 3 rings (SSSR count). The number of hydrogen-bond acceptors (Lipinski definition) is 5. The first kappa shape index (κ1) is 27.1. The summed E-state index contributed by atoms with van der Waals surface area (Å²) in [6.07, 6.45) is 2.58. The molecule has 3 atom stereocenters. The largest absolute Gasteiger partial charge is 0.479 e. The first-order chi connectivity index (χ1) is 16.1. The second-order valence-corrected chi connectivity index (χ2v) is 11.1. The molecular formula is C27H34Cl2N2O2S. The highest BCUT2D eigenvalue weighted by Gasteiger charge is 2.44. The van der Waals surface area contributed by atoms with Gasteiger partial charge < -0.3 is 9.47 Å². The third-order valence-corrected chi connectivity index (χ3v) is 7.54. The van der Waals surface area contributed by atoms with Crippen LogP contribution in [0, 0.1) is 5.92 Å². The highest BCUT2D eigenvalue weighted by atomic mass is 35.5. The molecule has 1 heterocycles. The molecule has 0 saturated heterocycles. The summed E-state index contributed by atoms with van der Waals surface area (Å²) in [6, 6.07) is 14.0. The molecule has 1 aliphatic heterocycles. The van der Waals surface area contributed by atoms with Crippen molar-refractivity contribution in [2.24, 2.45) is 15.9 Å². The summed E-state index contributed by atoms with van der Waals surface area (Å²) in [5.41, 5.74) is -0.309. The molecule has 34 heavy (non-hydrogen) atoms. The fourth-order valence-corrected chi connectivity index (χ4v) is 5.76. The van der Waals surface area contributed by atoms with E-state index in [2.05, 4.69) is 39.8 Å². The van der Waals surface area contributed by atoms with Gasteiger partial charge in [0.15, 0.2) is 5.72 Å². The summed E-state index contributed by atoms with van der Waals surface area (Å²) in [4.78, 5) is 12.1. The molecular weight excluding hydrogens is 487 g/mol. The predicted octanol–water partition coefficient (Wildman–Crippen LogP) is 8.31. The van der Waals surface area contributed by atoms with E-state index in [1.807, 2.05) is 50.4 Å². The van der Waals surface area contributed by atoms with Crippen molar-refractivity contribution in [3.8, 4) is 0 Å². The predicted molar refractivity (Wildman–Crippen MR) is 145 cm³/mol. The molecule has 0 bridgehead atoms. The van der Waals surface area contributed by atoms with Crippen LogP contribution in [-0.2, 0) is 9.47 Å². The van der Waals surface area contributed by atoms with Gasteiger partial charge in [-0.3, -0.25) is 4.99 Å². The maximum atomic E-state index is 6.75. The molecule has 184 valence electrons. The zero-order chi connectivity index (χ0) is 24.9.